The van der Waals surface area contributed by atoms with Crippen molar-refractivity contribution in [3.63, 3.8) is 0 Å². The smallest absolute Gasteiger partial charge is 0.319 e. The third-order valence-electron chi connectivity index (χ3n) is 9.44. The molecule has 47 heavy (non-hydrogen) atoms. The van der Waals surface area contributed by atoms with Crippen molar-refractivity contribution in [2.45, 2.75) is 37.3 Å². The number of phenolic OH excluding ortho intramolecular Hbond substituents is 1. The SMILES string of the molecule is C#Cc1cccc2cc(O)cc(-c3ncc4c(N5CCOCC(NC(=O)C(=C)F)C5)nc(OCC56CCCN5CCC6)nc4c3F)c12. The maximum atomic E-state index is 16.8. The third kappa shape index (κ3) is 5.70. The van der Waals surface area contributed by atoms with Crippen LogP contribution in [0.4, 0.5) is 14.6 Å². The average Bonchev–Trinajstić information content (AvgIpc) is 3.56. The molecule has 0 spiro atoms. The Balaban J connectivity index is 1.35. The number of amides is 1. The number of terminal acetylenes is 1. The van der Waals surface area contributed by atoms with Crippen molar-refractivity contribution in [2.24, 2.45) is 0 Å². The molecule has 3 saturated heterocycles. The molecule has 3 fully saturated rings. The molecule has 0 radical (unpaired) electrons. The topological polar surface area (TPSA) is 113 Å². The van der Waals surface area contributed by atoms with Gasteiger partial charge in [0.15, 0.2) is 11.6 Å². The highest BCUT2D eigenvalue weighted by atomic mass is 19.1. The van der Waals surface area contributed by atoms with E-state index >= 15 is 4.39 Å². The van der Waals surface area contributed by atoms with Gasteiger partial charge < -0.3 is 24.8 Å². The van der Waals surface area contributed by atoms with Gasteiger partial charge in [0.05, 0.1) is 30.2 Å². The maximum Gasteiger partial charge on any atom is 0.319 e. The number of fused-ring (bicyclic) bond motifs is 3. The summed E-state index contributed by atoms with van der Waals surface area (Å²) in [5, 5.41) is 14.7. The predicted octanol–water partition coefficient (Wildman–Crippen LogP) is 4.48. The summed E-state index contributed by atoms with van der Waals surface area (Å²) in [5.41, 5.74) is 0.669. The van der Waals surface area contributed by atoms with Crippen molar-refractivity contribution in [1.29, 1.82) is 0 Å². The number of carbonyl (C=O) groups is 1. The van der Waals surface area contributed by atoms with E-state index in [1.807, 2.05) is 4.90 Å². The van der Waals surface area contributed by atoms with Crippen molar-refractivity contribution < 1.29 is 28.2 Å². The van der Waals surface area contributed by atoms with Gasteiger partial charge in [-0.25, -0.2) is 8.78 Å². The number of nitrogens with one attached hydrogen (secondary N) is 1. The van der Waals surface area contributed by atoms with Crippen LogP contribution in [0.3, 0.4) is 0 Å². The molecule has 7 rings (SSSR count). The minimum atomic E-state index is -1.11. The molecule has 0 bridgehead atoms. The summed E-state index contributed by atoms with van der Waals surface area (Å²) >= 11 is 0. The van der Waals surface area contributed by atoms with Crippen molar-refractivity contribution in [3.05, 3.63) is 60.3 Å². The molecule has 1 unspecified atom stereocenters. The lowest BCUT2D eigenvalue weighted by Gasteiger charge is -2.31. The van der Waals surface area contributed by atoms with E-state index in [4.69, 9.17) is 20.9 Å². The summed E-state index contributed by atoms with van der Waals surface area (Å²) in [6.45, 7) is 6.42. The van der Waals surface area contributed by atoms with E-state index in [-0.39, 0.29) is 48.3 Å². The summed E-state index contributed by atoms with van der Waals surface area (Å²) in [7, 11) is 0. The van der Waals surface area contributed by atoms with Gasteiger partial charge in [-0.2, -0.15) is 9.97 Å². The van der Waals surface area contributed by atoms with Crippen molar-refractivity contribution >= 4 is 33.4 Å². The van der Waals surface area contributed by atoms with E-state index in [9.17, 15) is 14.3 Å². The molecule has 3 aliphatic heterocycles. The first kappa shape index (κ1) is 30.8. The molecular weight excluding hydrogens is 606 g/mol. The Labute approximate surface area is 270 Å². The lowest BCUT2D eigenvalue weighted by Crippen LogP contribution is -2.45. The monoisotopic (exact) mass is 640 g/mol. The first-order chi connectivity index (χ1) is 22.8. The molecule has 242 valence electrons. The van der Waals surface area contributed by atoms with E-state index in [1.165, 1.54) is 12.3 Å². The molecule has 10 nitrogen and oxygen atoms in total. The zero-order valence-corrected chi connectivity index (χ0v) is 25.8. The summed E-state index contributed by atoms with van der Waals surface area (Å²) < 4.78 is 42.4. The van der Waals surface area contributed by atoms with E-state index < -0.39 is 23.6 Å². The second-order valence-corrected chi connectivity index (χ2v) is 12.4. The van der Waals surface area contributed by atoms with E-state index in [0.29, 0.717) is 46.3 Å². The van der Waals surface area contributed by atoms with Crippen molar-refractivity contribution in [3.8, 4) is 35.4 Å². The Morgan fingerprint density at radius 2 is 2.04 bits per heavy atom. The normalized spacial score (nSPS) is 19.3. The number of pyridine rings is 1. The van der Waals surface area contributed by atoms with Crippen LogP contribution < -0.4 is 15.0 Å². The van der Waals surface area contributed by atoms with Gasteiger partial charge in [-0.05, 0) is 62.4 Å². The number of benzene rings is 2. The van der Waals surface area contributed by atoms with Crippen LogP contribution >= 0.6 is 0 Å². The fourth-order valence-corrected chi connectivity index (χ4v) is 7.25. The van der Waals surface area contributed by atoms with E-state index in [1.54, 1.807) is 24.3 Å². The number of halogens is 2. The zero-order chi connectivity index (χ0) is 32.7. The number of aromatic nitrogens is 3. The minimum Gasteiger partial charge on any atom is -0.508 e. The maximum absolute atomic E-state index is 16.8. The molecule has 1 atom stereocenters. The van der Waals surface area contributed by atoms with Crippen LogP contribution in [0.25, 0.3) is 32.9 Å². The summed E-state index contributed by atoms with van der Waals surface area (Å²) in [5.74, 6) is 0.140. The minimum absolute atomic E-state index is 0.00430. The molecule has 5 heterocycles. The molecule has 0 aliphatic carbocycles. The van der Waals surface area contributed by atoms with Crippen LogP contribution in [0.1, 0.15) is 31.2 Å². The lowest BCUT2D eigenvalue weighted by molar-refractivity contribution is -0.119. The Morgan fingerprint density at radius 3 is 2.81 bits per heavy atom. The van der Waals surface area contributed by atoms with Gasteiger partial charge in [-0.3, -0.25) is 14.7 Å². The quantitative estimate of drug-likeness (QED) is 0.223. The van der Waals surface area contributed by atoms with Gasteiger partial charge in [-0.1, -0.05) is 24.6 Å². The number of nitrogens with zero attached hydrogens (tertiary/aromatic N) is 5. The molecule has 12 heteroatoms. The number of carbonyl (C=O) groups excluding carboxylic acids is 1. The number of phenols is 1. The predicted molar refractivity (Wildman–Crippen MR) is 173 cm³/mol. The van der Waals surface area contributed by atoms with Gasteiger partial charge in [0, 0.05) is 35.8 Å². The van der Waals surface area contributed by atoms with Crippen molar-refractivity contribution in [2.75, 3.05) is 50.9 Å². The Morgan fingerprint density at radius 1 is 1.23 bits per heavy atom. The Kier molecular flexibility index (Phi) is 8.11. The first-order valence-electron chi connectivity index (χ1n) is 15.7. The van der Waals surface area contributed by atoms with Gasteiger partial charge in [0.2, 0.25) is 0 Å². The highest BCUT2D eigenvalue weighted by Gasteiger charge is 2.45. The van der Waals surface area contributed by atoms with Crippen LogP contribution in [0.5, 0.6) is 11.8 Å². The number of hydrogen-bond donors (Lipinski definition) is 2. The molecule has 3 aliphatic rings. The molecule has 2 aromatic carbocycles. The molecule has 0 saturated carbocycles. The number of ether oxygens (including phenoxy) is 2. The number of hydrogen-bond acceptors (Lipinski definition) is 9. The van der Waals surface area contributed by atoms with Crippen LogP contribution in [0.2, 0.25) is 0 Å². The largest absolute Gasteiger partial charge is 0.508 e. The third-order valence-corrected chi connectivity index (χ3v) is 9.44. The molecular formula is C35H34F2N6O4. The first-order valence-corrected chi connectivity index (χ1v) is 15.7. The van der Waals surface area contributed by atoms with Crippen molar-refractivity contribution in [1.82, 2.24) is 25.2 Å². The number of rotatable bonds is 7. The van der Waals surface area contributed by atoms with Crippen LogP contribution in [0, 0.1) is 18.2 Å². The van der Waals surface area contributed by atoms with Gasteiger partial charge in [-0.15, -0.1) is 6.42 Å². The fraction of sp³-hybridized carbons (Fsp3) is 0.371. The molecule has 1 amide bonds. The molecule has 4 aromatic rings. The summed E-state index contributed by atoms with van der Waals surface area (Å²) in [6.07, 6.45) is 11.5. The number of aromatic hydroxyl groups is 1. The number of anilines is 1. The van der Waals surface area contributed by atoms with Gasteiger partial charge in [0.25, 0.3) is 5.91 Å². The molecule has 2 aromatic heterocycles. The second-order valence-electron chi connectivity index (χ2n) is 12.4. The van der Waals surface area contributed by atoms with Crippen LogP contribution in [0.15, 0.2) is 48.9 Å². The standard InChI is InChI=1S/C35H34F2N6O4/c1-3-22-7-4-8-23-15-25(44)16-26(28(22)23)30-29(37)31-27(17-38-30)32(42-13-14-46-19-24(18-42)39-33(45)21(2)36)41-34(40-31)47-20-35-9-5-11-43(35)12-6-10-35/h1,4,7-8,15-17,24,44H,2,5-6,9-14,18-20H2,(H,39,45). The summed E-state index contributed by atoms with van der Waals surface area (Å²) in [4.78, 5) is 30.3. The van der Waals surface area contributed by atoms with Gasteiger partial charge >= 0.3 is 6.01 Å². The Hall–Kier alpha value is -4.86. The van der Waals surface area contributed by atoms with Crippen LogP contribution in [-0.2, 0) is 9.53 Å². The zero-order valence-electron chi connectivity index (χ0n) is 25.8. The average molecular weight is 641 g/mol. The lowest BCUT2D eigenvalue weighted by atomic mass is 9.95. The van der Waals surface area contributed by atoms with E-state index in [2.05, 4.69) is 32.7 Å². The fourth-order valence-electron chi connectivity index (χ4n) is 7.25. The second kappa shape index (κ2) is 12.4. The highest BCUT2D eigenvalue weighted by Crippen LogP contribution is 2.40. The Bertz CT molecular complexity index is 1940. The van der Waals surface area contributed by atoms with E-state index in [0.717, 1.165) is 38.8 Å². The highest BCUT2D eigenvalue weighted by molar-refractivity contribution is 6.02. The summed E-state index contributed by atoms with van der Waals surface area (Å²) in [6, 6.07) is 7.71. The molecule has 2 N–H and O–H groups in total. The van der Waals surface area contributed by atoms with Crippen LogP contribution in [-0.4, -0.2) is 88.4 Å². The van der Waals surface area contributed by atoms with Gasteiger partial charge in [0.1, 0.15) is 29.4 Å².